The molecule has 2 aromatic heterocycles. The van der Waals surface area contributed by atoms with Gasteiger partial charge in [0, 0.05) is 18.6 Å². The van der Waals surface area contributed by atoms with Crippen LogP contribution in [0.4, 0.5) is 0 Å². The number of rotatable bonds is 4. The Morgan fingerprint density at radius 2 is 1.89 bits per heavy atom. The molecule has 2 heterocycles. The summed E-state index contributed by atoms with van der Waals surface area (Å²) in [5, 5.41) is 1.24. The first-order valence-corrected chi connectivity index (χ1v) is 6.41. The first-order chi connectivity index (χ1) is 9.38. The van der Waals surface area contributed by atoms with Crippen LogP contribution in [0.15, 0.2) is 48.9 Å². The fourth-order valence-corrected chi connectivity index (χ4v) is 2.39. The molecular formula is C15H16N4. The lowest BCUT2D eigenvalue weighted by Gasteiger charge is -2.08. The summed E-state index contributed by atoms with van der Waals surface area (Å²) in [5.74, 6) is 0.822. The largest absolute Gasteiger partial charge is 0.340 e. The average molecular weight is 252 g/mol. The highest BCUT2D eigenvalue weighted by Gasteiger charge is 2.07. The molecule has 0 unspecified atom stereocenters. The second kappa shape index (κ2) is 5.20. The predicted octanol–water partition coefficient (Wildman–Crippen LogP) is 1.98. The van der Waals surface area contributed by atoms with Gasteiger partial charge in [0.05, 0.1) is 12.1 Å². The van der Waals surface area contributed by atoms with Crippen molar-refractivity contribution in [3.63, 3.8) is 0 Å². The number of para-hydroxylation sites is 1. The van der Waals surface area contributed by atoms with E-state index in [1.807, 2.05) is 6.07 Å². The molecule has 0 aliphatic rings. The van der Waals surface area contributed by atoms with E-state index in [0.29, 0.717) is 13.1 Å². The molecule has 4 nitrogen and oxygen atoms in total. The Kier molecular flexibility index (Phi) is 3.25. The normalized spacial score (nSPS) is 11.0. The standard InChI is InChI=1S/C15H16N4/c16-7-5-12-3-1-4-13-6-10-19(15(12)13)11-14-17-8-2-9-18-14/h1-4,6,8-10H,5,7,11,16H2. The van der Waals surface area contributed by atoms with Crippen LogP contribution in [0.3, 0.4) is 0 Å². The summed E-state index contributed by atoms with van der Waals surface area (Å²) in [5.41, 5.74) is 8.20. The maximum atomic E-state index is 5.69. The zero-order valence-electron chi connectivity index (χ0n) is 10.7. The Hall–Kier alpha value is -2.20. The Morgan fingerprint density at radius 1 is 1.05 bits per heavy atom. The Morgan fingerprint density at radius 3 is 2.68 bits per heavy atom. The molecule has 0 atom stereocenters. The van der Waals surface area contributed by atoms with Crippen molar-refractivity contribution in [1.29, 1.82) is 0 Å². The van der Waals surface area contributed by atoms with Gasteiger partial charge in [0.15, 0.2) is 0 Å². The van der Waals surface area contributed by atoms with Gasteiger partial charge in [-0.3, -0.25) is 0 Å². The highest BCUT2D eigenvalue weighted by atomic mass is 15.0. The molecule has 0 spiro atoms. The molecule has 0 saturated heterocycles. The SMILES string of the molecule is NCCc1cccc2ccn(Cc3ncccn3)c12. The molecule has 0 aliphatic heterocycles. The van der Waals surface area contributed by atoms with Crippen molar-refractivity contribution in [2.45, 2.75) is 13.0 Å². The first kappa shape index (κ1) is 11.9. The van der Waals surface area contributed by atoms with Crippen LogP contribution in [0.5, 0.6) is 0 Å². The minimum atomic E-state index is 0.659. The Labute approximate surface area is 111 Å². The van der Waals surface area contributed by atoms with Gasteiger partial charge in [-0.15, -0.1) is 0 Å². The topological polar surface area (TPSA) is 56.7 Å². The van der Waals surface area contributed by atoms with Crippen molar-refractivity contribution in [1.82, 2.24) is 14.5 Å². The van der Waals surface area contributed by atoms with Crippen LogP contribution in [-0.4, -0.2) is 21.1 Å². The molecule has 4 heteroatoms. The van der Waals surface area contributed by atoms with Crippen LogP contribution in [0.2, 0.25) is 0 Å². The smallest absolute Gasteiger partial charge is 0.147 e. The second-order valence-corrected chi connectivity index (χ2v) is 4.50. The molecule has 2 N–H and O–H groups in total. The number of aromatic nitrogens is 3. The van der Waals surface area contributed by atoms with Gasteiger partial charge in [0.1, 0.15) is 5.82 Å². The average Bonchev–Trinajstić information content (AvgIpc) is 2.85. The van der Waals surface area contributed by atoms with Gasteiger partial charge in [-0.25, -0.2) is 9.97 Å². The van der Waals surface area contributed by atoms with Gasteiger partial charge < -0.3 is 10.3 Å². The molecule has 3 aromatic rings. The van der Waals surface area contributed by atoms with E-state index >= 15 is 0 Å². The van der Waals surface area contributed by atoms with Crippen molar-refractivity contribution < 1.29 is 0 Å². The van der Waals surface area contributed by atoms with Gasteiger partial charge in [-0.1, -0.05) is 18.2 Å². The van der Waals surface area contributed by atoms with E-state index in [1.165, 1.54) is 16.5 Å². The fraction of sp³-hybridized carbons (Fsp3) is 0.200. The van der Waals surface area contributed by atoms with Crippen LogP contribution in [-0.2, 0) is 13.0 Å². The van der Waals surface area contributed by atoms with Crippen LogP contribution >= 0.6 is 0 Å². The van der Waals surface area contributed by atoms with Crippen LogP contribution < -0.4 is 5.73 Å². The zero-order valence-corrected chi connectivity index (χ0v) is 10.7. The third-order valence-electron chi connectivity index (χ3n) is 3.22. The number of benzene rings is 1. The Balaban J connectivity index is 2.04. The molecule has 0 amide bonds. The third-order valence-corrected chi connectivity index (χ3v) is 3.22. The molecule has 0 bridgehead atoms. The van der Waals surface area contributed by atoms with Crippen molar-refractivity contribution >= 4 is 10.9 Å². The molecule has 1 aromatic carbocycles. The number of nitrogens with zero attached hydrogens (tertiary/aromatic N) is 3. The second-order valence-electron chi connectivity index (χ2n) is 4.50. The van der Waals surface area contributed by atoms with E-state index in [1.54, 1.807) is 12.4 Å². The van der Waals surface area contributed by atoms with E-state index < -0.39 is 0 Å². The van der Waals surface area contributed by atoms with Crippen molar-refractivity contribution in [3.05, 3.63) is 60.3 Å². The molecule has 3 rings (SSSR count). The summed E-state index contributed by atoms with van der Waals surface area (Å²) in [6.45, 7) is 1.35. The van der Waals surface area contributed by atoms with E-state index in [4.69, 9.17) is 5.73 Å². The lowest BCUT2D eigenvalue weighted by Crippen LogP contribution is -2.07. The van der Waals surface area contributed by atoms with E-state index in [0.717, 1.165) is 12.2 Å². The summed E-state index contributed by atoms with van der Waals surface area (Å²) < 4.78 is 2.19. The molecular weight excluding hydrogens is 236 g/mol. The maximum absolute atomic E-state index is 5.69. The summed E-state index contributed by atoms with van der Waals surface area (Å²) in [4.78, 5) is 8.56. The van der Waals surface area contributed by atoms with E-state index in [-0.39, 0.29) is 0 Å². The predicted molar refractivity (Wildman–Crippen MR) is 75.8 cm³/mol. The quantitative estimate of drug-likeness (QED) is 0.772. The fourth-order valence-electron chi connectivity index (χ4n) is 2.39. The van der Waals surface area contributed by atoms with Crippen LogP contribution in [0, 0.1) is 0 Å². The molecule has 96 valence electrons. The summed E-state index contributed by atoms with van der Waals surface area (Å²) >= 11 is 0. The maximum Gasteiger partial charge on any atom is 0.147 e. The molecule has 0 radical (unpaired) electrons. The summed E-state index contributed by atoms with van der Waals surface area (Å²) in [6.07, 6.45) is 6.52. The monoisotopic (exact) mass is 252 g/mol. The lowest BCUT2D eigenvalue weighted by molar-refractivity contribution is 0.767. The highest BCUT2D eigenvalue weighted by molar-refractivity contribution is 5.83. The van der Waals surface area contributed by atoms with Gasteiger partial charge in [0.25, 0.3) is 0 Å². The van der Waals surface area contributed by atoms with E-state index in [9.17, 15) is 0 Å². The van der Waals surface area contributed by atoms with Crippen molar-refractivity contribution in [2.24, 2.45) is 5.73 Å². The van der Waals surface area contributed by atoms with E-state index in [2.05, 4.69) is 45.0 Å². The minimum absolute atomic E-state index is 0.659. The number of nitrogens with two attached hydrogens (primary N) is 1. The van der Waals surface area contributed by atoms with Crippen LogP contribution in [0.25, 0.3) is 10.9 Å². The van der Waals surface area contributed by atoms with Gasteiger partial charge in [-0.2, -0.15) is 0 Å². The van der Waals surface area contributed by atoms with Crippen LogP contribution in [0.1, 0.15) is 11.4 Å². The zero-order chi connectivity index (χ0) is 13.1. The van der Waals surface area contributed by atoms with Gasteiger partial charge >= 0.3 is 0 Å². The first-order valence-electron chi connectivity index (χ1n) is 6.41. The van der Waals surface area contributed by atoms with Gasteiger partial charge in [0.2, 0.25) is 0 Å². The third kappa shape index (κ3) is 2.35. The molecule has 0 saturated carbocycles. The number of fused-ring (bicyclic) bond motifs is 1. The molecule has 0 aliphatic carbocycles. The summed E-state index contributed by atoms with van der Waals surface area (Å²) in [7, 11) is 0. The molecule has 19 heavy (non-hydrogen) atoms. The highest BCUT2D eigenvalue weighted by Crippen LogP contribution is 2.21. The number of hydrogen-bond acceptors (Lipinski definition) is 3. The van der Waals surface area contributed by atoms with Gasteiger partial charge in [-0.05, 0) is 36.0 Å². The van der Waals surface area contributed by atoms with Crippen molar-refractivity contribution in [2.75, 3.05) is 6.54 Å². The summed E-state index contributed by atoms with van der Waals surface area (Å²) in [6, 6.07) is 10.3. The number of hydrogen-bond donors (Lipinski definition) is 1. The molecule has 0 fully saturated rings. The lowest BCUT2D eigenvalue weighted by atomic mass is 10.1. The van der Waals surface area contributed by atoms with Crippen molar-refractivity contribution in [3.8, 4) is 0 Å². The minimum Gasteiger partial charge on any atom is -0.340 e. The Bertz CT molecular complexity index is 673.